The van der Waals surface area contributed by atoms with Crippen molar-refractivity contribution in [2.75, 3.05) is 0 Å². The van der Waals surface area contributed by atoms with Gasteiger partial charge < -0.3 is 0 Å². The summed E-state index contributed by atoms with van der Waals surface area (Å²) in [5.41, 5.74) is 1.76. The first-order valence-electron chi connectivity index (χ1n) is 13.4. The van der Waals surface area contributed by atoms with E-state index in [1.165, 1.54) is 0 Å². The Morgan fingerprint density at radius 3 is 1.30 bits per heavy atom. The summed E-state index contributed by atoms with van der Waals surface area (Å²) in [7, 11) is -6.70. The second-order valence-corrected chi connectivity index (χ2v) is 15.6. The van der Waals surface area contributed by atoms with Crippen molar-refractivity contribution in [3.8, 4) is 11.1 Å². The second-order valence-electron chi connectivity index (χ2n) is 9.79. The van der Waals surface area contributed by atoms with Crippen molar-refractivity contribution in [3.63, 3.8) is 0 Å². The summed E-state index contributed by atoms with van der Waals surface area (Å²) in [6, 6.07) is 55.4. The predicted molar refractivity (Wildman–Crippen MR) is 174 cm³/mol. The standard InChI is InChI=1S/C36H30O2P2/c37-39(29-17-5-1-6-18-29,30-19-7-2-8-20-30)35-27-15-13-25-33(35)34-26-14-16-28-36(34)40(38,31-21-9-3-10-22-31)32-23-11-4-12-24-32/h1-28,37,39H. The van der Waals surface area contributed by atoms with Crippen molar-refractivity contribution in [1.29, 1.82) is 0 Å². The zero-order valence-electron chi connectivity index (χ0n) is 22.0. The molecule has 0 atom stereocenters. The number of benzene rings is 6. The van der Waals surface area contributed by atoms with Crippen LogP contribution in [0.15, 0.2) is 170 Å². The van der Waals surface area contributed by atoms with Gasteiger partial charge in [0.05, 0.1) is 0 Å². The third-order valence-corrected chi connectivity index (χ3v) is 14.1. The van der Waals surface area contributed by atoms with E-state index in [-0.39, 0.29) is 0 Å². The molecule has 0 saturated carbocycles. The molecule has 40 heavy (non-hydrogen) atoms. The van der Waals surface area contributed by atoms with E-state index in [0.29, 0.717) is 0 Å². The molecular formula is C36H30O2P2. The second kappa shape index (κ2) is 11.2. The van der Waals surface area contributed by atoms with Gasteiger partial charge in [0.15, 0.2) is 0 Å². The van der Waals surface area contributed by atoms with Crippen LogP contribution in [0.1, 0.15) is 0 Å². The molecule has 6 rings (SSSR count). The van der Waals surface area contributed by atoms with Crippen LogP contribution < -0.4 is 31.8 Å². The first kappa shape index (κ1) is 26.2. The fraction of sp³-hybridized carbons (Fsp3) is 0. The molecule has 6 aromatic carbocycles. The Kier molecular flexibility index (Phi) is 7.33. The first-order valence-corrected chi connectivity index (χ1v) is 17.0. The van der Waals surface area contributed by atoms with Crippen molar-refractivity contribution in [2.24, 2.45) is 0 Å². The maximum absolute atomic E-state index is 15.5. The Bertz CT molecular complexity index is 1690. The summed E-state index contributed by atoms with van der Waals surface area (Å²) < 4.78 is 15.5. The summed E-state index contributed by atoms with van der Waals surface area (Å²) in [5.74, 6) is 0. The predicted octanol–water partition coefficient (Wildman–Crippen LogP) is 5.93. The summed E-state index contributed by atoms with van der Waals surface area (Å²) in [5, 5.41) is 5.00. The maximum atomic E-state index is 15.5. The van der Waals surface area contributed by atoms with Gasteiger partial charge in [-0.25, -0.2) is 0 Å². The van der Waals surface area contributed by atoms with Crippen LogP contribution in [0.4, 0.5) is 0 Å². The SMILES string of the molecule is O=P(c1ccccc1)(c1ccccc1)c1ccccc1-c1ccccc1[PH](O)(c1ccccc1)c1ccccc1. The molecule has 0 radical (unpaired) electrons. The van der Waals surface area contributed by atoms with Crippen molar-refractivity contribution in [1.82, 2.24) is 0 Å². The zero-order chi connectivity index (χ0) is 27.4. The average Bonchev–Trinajstić information content (AvgIpc) is 3.05. The Hall–Kier alpha value is -4.06. The number of hydrogen-bond acceptors (Lipinski definition) is 2. The molecule has 0 saturated heterocycles. The Balaban J connectivity index is 1.66. The molecule has 0 aliphatic heterocycles. The molecule has 0 amide bonds. The third-order valence-electron chi connectivity index (χ3n) is 7.47. The van der Waals surface area contributed by atoms with Gasteiger partial charge in [0, 0.05) is 0 Å². The van der Waals surface area contributed by atoms with E-state index in [1.807, 2.05) is 164 Å². The van der Waals surface area contributed by atoms with Crippen LogP contribution in [0.5, 0.6) is 0 Å². The zero-order valence-corrected chi connectivity index (χ0v) is 23.9. The molecule has 196 valence electrons. The van der Waals surface area contributed by atoms with E-state index in [4.69, 9.17) is 0 Å². The molecule has 0 aliphatic rings. The molecule has 0 spiro atoms. The molecular weight excluding hydrogens is 526 g/mol. The third kappa shape index (κ3) is 4.55. The fourth-order valence-electron chi connectivity index (χ4n) is 5.55. The van der Waals surface area contributed by atoms with E-state index < -0.39 is 14.6 Å². The number of rotatable bonds is 7. The average molecular weight is 557 g/mol. The fourth-order valence-corrected chi connectivity index (χ4v) is 11.7. The Labute approximate surface area is 236 Å². The van der Waals surface area contributed by atoms with Crippen LogP contribution in [0, 0.1) is 0 Å². The van der Waals surface area contributed by atoms with E-state index >= 15 is 4.57 Å². The van der Waals surface area contributed by atoms with Gasteiger partial charge >= 0.3 is 237 Å². The van der Waals surface area contributed by atoms with E-state index in [2.05, 4.69) is 6.07 Å². The van der Waals surface area contributed by atoms with Crippen LogP contribution in [-0.2, 0) is 4.57 Å². The normalized spacial score (nSPS) is 12.1. The molecule has 0 aromatic heterocycles. The molecule has 0 unspecified atom stereocenters. The van der Waals surface area contributed by atoms with Crippen LogP contribution in [0.3, 0.4) is 0 Å². The quantitative estimate of drug-likeness (QED) is 0.248. The van der Waals surface area contributed by atoms with Gasteiger partial charge in [0.25, 0.3) is 0 Å². The van der Waals surface area contributed by atoms with Gasteiger partial charge in [-0.2, -0.15) is 0 Å². The molecule has 2 nitrogen and oxygen atoms in total. The molecule has 4 heteroatoms. The molecule has 0 aliphatic carbocycles. The van der Waals surface area contributed by atoms with E-state index in [1.54, 1.807) is 0 Å². The topological polar surface area (TPSA) is 37.3 Å². The molecule has 1 N–H and O–H groups in total. The summed E-state index contributed by atoms with van der Waals surface area (Å²) in [6.45, 7) is 0. The van der Waals surface area contributed by atoms with Crippen LogP contribution in [0.2, 0.25) is 0 Å². The van der Waals surface area contributed by atoms with Crippen LogP contribution >= 0.6 is 14.6 Å². The van der Waals surface area contributed by atoms with E-state index in [9.17, 15) is 4.89 Å². The van der Waals surface area contributed by atoms with Crippen molar-refractivity contribution < 1.29 is 9.46 Å². The van der Waals surface area contributed by atoms with Gasteiger partial charge in [-0.1, -0.05) is 0 Å². The minimum atomic E-state index is -3.44. The molecule has 6 aromatic rings. The van der Waals surface area contributed by atoms with Crippen molar-refractivity contribution >= 4 is 46.5 Å². The van der Waals surface area contributed by atoms with Gasteiger partial charge in [0.1, 0.15) is 0 Å². The van der Waals surface area contributed by atoms with Crippen LogP contribution in [0.25, 0.3) is 11.1 Å². The van der Waals surface area contributed by atoms with Gasteiger partial charge in [-0.3, -0.25) is 0 Å². The summed E-state index contributed by atoms with van der Waals surface area (Å²) in [4.78, 5) is 12.9. The van der Waals surface area contributed by atoms with Gasteiger partial charge in [-0.05, 0) is 0 Å². The molecule has 0 heterocycles. The van der Waals surface area contributed by atoms with Gasteiger partial charge in [0.2, 0.25) is 0 Å². The van der Waals surface area contributed by atoms with Crippen molar-refractivity contribution in [3.05, 3.63) is 170 Å². The Morgan fingerprint density at radius 1 is 0.425 bits per heavy atom. The van der Waals surface area contributed by atoms with Crippen LogP contribution in [-0.4, -0.2) is 4.89 Å². The molecule has 0 bridgehead atoms. The van der Waals surface area contributed by atoms with E-state index in [0.717, 1.165) is 43.0 Å². The first-order chi connectivity index (χ1) is 19.6. The summed E-state index contributed by atoms with van der Waals surface area (Å²) >= 11 is 0. The minimum absolute atomic E-state index is 0.761. The van der Waals surface area contributed by atoms with Gasteiger partial charge in [-0.15, -0.1) is 0 Å². The van der Waals surface area contributed by atoms with Crippen molar-refractivity contribution in [2.45, 2.75) is 0 Å². The number of hydrogen-bond donors (Lipinski definition) is 1. The summed E-state index contributed by atoms with van der Waals surface area (Å²) in [6.07, 6.45) is 0. The Morgan fingerprint density at radius 2 is 0.800 bits per heavy atom. The monoisotopic (exact) mass is 556 g/mol. The molecule has 0 fully saturated rings.